The van der Waals surface area contributed by atoms with Gasteiger partial charge in [-0.25, -0.2) is 14.0 Å². The highest BCUT2D eigenvalue weighted by Gasteiger charge is 2.44. The molecule has 2 saturated heterocycles. The monoisotopic (exact) mass is 972 g/mol. The van der Waals surface area contributed by atoms with Gasteiger partial charge in [-0.05, 0) is 113 Å². The Kier molecular flexibility index (Phi) is 14.9. The zero-order valence-electron chi connectivity index (χ0n) is 39.8. The summed E-state index contributed by atoms with van der Waals surface area (Å²) in [4.78, 5) is 70.7. The lowest BCUT2D eigenvalue weighted by molar-refractivity contribution is -0.144. The van der Waals surface area contributed by atoms with Gasteiger partial charge in [-0.2, -0.15) is 0 Å². The maximum Gasteiger partial charge on any atom is 0.410 e. The number of hydrogen-bond donors (Lipinski definition) is 0. The number of rotatable bonds is 17. The molecule has 16 nitrogen and oxygen atoms in total. The van der Waals surface area contributed by atoms with E-state index in [4.69, 9.17) is 44.8 Å². The van der Waals surface area contributed by atoms with Crippen LogP contribution in [-0.2, 0) is 34.9 Å². The van der Waals surface area contributed by atoms with Gasteiger partial charge in [0.1, 0.15) is 35.8 Å². The lowest BCUT2D eigenvalue weighted by Gasteiger charge is -2.37. The van der Waals surface area contributed by atoms with Crippen LogP contribution in [0.25, 0.3) is 21.8 Å². The summed E-state index contributed by atoms with van der Waals surface area (Å²) >= 11 is 6.04. The fourth-order valence-electron chi connectivity index (χ4n) is 9.43. The summed E-state index contributed by atoms with van der Waals surface area (Å²) in [7, 11) is 2.98. The molecule has 2 aromatic heterocycles. The van der Waals surface area contributed by atoms with Crippen LogP contribution in [0.4, 0.5) is 14.9 Å². The highest BCUT2D eigenvalue weighted by molar-refractivity contribution is 6.30. The number of nitrogens with zero attached hydrogens (tertiary/aromatic N) is 4. The number of hydrogen-bond acceptors (Lipinski definition) is 13. The highest BCUT2D eigenvalue weighted by Crippen LogP contribution is 2.46. The van der Waals surface area contributed by atoms with E-state index >= 15 is 4.39 Å². The van der Waals surface area contributed by atoms with Crippen LogP contribution in [0.2, 0.25) is 5.02 Å². The van der Waals surface area contributed by atoms with Crippen molar-refractivity contribution in [2.24, 2.45) is 5.92 Å². The van der Waals surface area contributed by atoms with Crippen LogP contribution in [0.3, 0.4) is 0 Å². The minimum absolute atomic E-state index is 0.00521. The predicted molar refractivity (Wildman–Crippen MR) is 256 cm³/mol. The molecular formula is C51H58ClFN4O12. The number of carbonyl (C=O) groups is 4. The molecule has 0 bridgehead atoms. The Labute approximate surface area is 404 Å². The number of methoxy groups -OCH3 is 2. The molecule has 69 heavy (non-hydrogen) atoms. The zero-order valence-corrected chi connectivity index (χ0v) is 40.5. The average Bonchev–Trinajstić information content (AvgIpc) is 4.02. The maximum absolute atomic E-state index is 16.4. The second-order valence-corrected chi connectivity index (χ2v) is 19.0. The summed E-state index contributed by atoms with van der Waals surface area (Å²) in [6.07, 6.45) is 4.29. The highest BCUT2D eigenvalue weighted by atomic mass is 35.5. The lowest BCUT2D eigenvalue weighted by atomic mass is 9.92. The molecule has 2 unspecified atom stereocenters. The Morgan fingerprint density at radius 3 is 2.20 bits per heavy atom. The molecular weight excluding hydrogens is 915 g/mol. The normalized spacial score (nSPS) is 17.0. The van der Waals surface area contributed by atoms with Gasteiger partial charge in [0, 0.05) is 53.5 Å². The zero-order chi connectivity index (χ0) is 49.1. The molecule has 3 fully saturated rings. The fourth-order valence-corrected chi connectivity index (χ4v) is 9.55. The first-order valence-corrected chi connectivity index (χ1v) is 23.6. The number of benzene rings is 3. The molecule has 0 radical (unpaired) electrons. The van der Waals surface area contributed by atoms with Crippen molar-refractivity contribution in [3.63, 3.8) is 0 Å². The summed E-state index contributed by atoms with van der Waals surface area (Å²) < 4.78 is 58.9. The lowest BCUT2D eigenvalue weighted by Crippen LogP contribution is -2.50. The predicted octanol–water partition coefficient (Wildman–Crippen LogP) is 7.91. The molecule has 4 heterocycles. The quantitative estimate of drug-likeness (QED) is 0.0502. The van der Waals surface area contributed by atoms with E-state index in [0.717, 1.165) is 25.7 Å². The van der Waals surface area contributed by atoms with Crippen LogP contribution >= 0.6 is 11.6 Å². The molecule has 0 spiro atoms. The average molecular weight is 973 g/mol. The Morgan fingerprint density at radius 2 is 1.54 bits per heavy atom. The van der Waals surface area contributed by atoms with E-state index in [-0.39, 0.29) is 98.5 Å². The first-order valence-electron chi connectivity index (χ1n) is 23.2. The summed E-state index contributed by atoms with van der Waals surface area (Å²) in [6.45, 7) is 8.94. The molecule has 368 valence electrons. The number of carbonyl (C=O) groups excluding carboxylic acids is 4. The Hall–Kier alpha value is -6.17. The third kappa shape index (κ3) is 10.7. The number of aromatic nitrogens is 2. The van der Waals surface area contributed by atoms with Crippen molar-refractivity contribution in [1.29, 1.82) is 0 Å². The topological polar surface area (TPSA) is 166 Å². The maximum atomic E-state index is 16.4. The minimum Gasteiger partial charge on any atom is -0.497 e. The molecule has 2 atom stereocenters. The molecule has 5 aromatic rings. The van der Waals surface area contributed by atoms with E-state index in [1.54, 1.807) is 66.0 Å². The Morgan fingerprint density at radius 1 is 0.841 bits per heavy atom. The summed E-state index contributed by atoms with van der Waals surface area (Å²) in [5.74, 6) is -1.42. The second kappa shape index (κ2) is 20.8. The number of fused-ring (bicyclic) bond motifs is 3. The second-order valence-electron chi connectivity index (χ2n) is 18.5. The van der Waals surface area contributed by atoms with Gasteiger partial charge in [-0.15, -0.1) is 0 Å². The van der Waals surface area contributed by atoms with Gasteiger partial charge in [0.2, 0.25) is 5.43 Å². The van der Waals surface area contributed by atoms with Crippen LogP contribution in [0.15, 0.2) is 59.5 Å². The van der Waals surface area contributed by atoms with Crippen molar-refractivity contribution in [3.8, 4) is 11.5 Å². The van der Waals surface area contributed by atoms with E-state index in [9.17, 15) is 24.0 Å². The molecule has 3 aliphatic rings. The van der Waals surface area contributed by atoms with Crippen molar-refractivity contribution in [1.82, 2.24) is 14.0 Å². The van der Waals surface area contributed by atoms with E-state index < -0.39 is 28.8 Å². The van der Waals surface area contributed by atoms with E-state index in [1.807, 2.05) is 30.2 Å². The van der Waals surface area contributed by atoms with Crippen molar-refractivity contribution in [3.05, 3.63) is 98.2 Å². The fraction of sp³-hybridized carbons (Fsp3) is 0.471. The molecule has 18 heteroatoms. The van der Waals surface area contributed by atoms with Crippen LogP contribution in [0.1, 0.15) is 84.5 Å². The van der Waals surface area contributed by atoms with Crippen LogP contribution in [-0.4, -0.2) is 123 Å². The minimum atomic E-state index is -0.862. The first kappa shape index (κ1) is 49.3. The Bertz CT molecular complexity index is 2820. The SMILES string of the molecule is COc1ccc2c(c1)c(CC(=O)OCCOCCOCCOC(=O)c1cn(C3CC3)c3c(OC)c(N4CC5CCCN(C(=O)OC(C)(C)C)C5C4)c(F)cc3c1=O)c(C)n2C(=O)c1ccc(Cl)cc1. The van der Waals surface area contributed by atoms with Gasteiger partial charge < -0.3 is 47.5 Å². The summed E-state index contributed by atoms with van der Waals surface area (Å²) in [5, 5.41) is 1.20. The van der Waals surface area contributed by atoms with Gasteiger partial charge in [-0.3, -0.25) is 19.0 Å². The molecule has 8 rings (SSSR count). The number of anilines is 1. The van der Waals surface area contributed by atoms with Crippen LogP contribution < -0.4 is 19.8 Å². The number of amides is 1. The van der Waals surface area contributed by atoms with Gasteiger partial charge in [-0.1, -0.05) is 11.6 Å². The van der Waals surface area contributed by atoms with Gasteiger partial charge in [0.05, 0.1) is 69.5 Å². The van der Waals surface area contributed by atoms with E-state index in [2.05, 4.69) is 0 Å². The van der Waals surface area contributed by atoms with Gasteiger partial charge in [0.25, 0.3) is 5.91 Å². The molecule has 2 aliphatic heterocycles. The van der Waals surface area contributed by atoms with Crippen molar-refractivity contribution in [2.75, 3.05) is 78.4 Å². The van der Waals surface area contributed by atoms with Gasteiger partial charge >= 0.3 is 18.0 Å². The number of piperidine rings is 1. The molecule has 1 aliphatic carbocycles. The largest absolute Gasteiger partial charge is 0.497 e. The number of pyridine rings is 1. The molecule has 1 amide bonds. The standard InChI is InChI=1S/C51H58ClFN4O12/c1-30-36(37-24-35(63-5)15-16-41(37)57(30)48(60)31-9-11-33(52)12-10-31)26-43(58)67-22-20-65-18-19-66-21-23-68-49(61)39-28-56(34-13-14-34)44-38(46(39)59)25-40(53)45(47(44)64-6)54-27-32-8-7-17-55(42(32)29-54)50(62)69-51(2,3)4/h9-12,15-16,24-25,28,32,34,42H,7-8,13-14,17-23,26-27,29H2,1-6H3. The molecule has 1 saturated carbocycles. The summed E-state index contributed by atoms with van der Waals surface area (Å²) in [5.41, 5.74) is 1.35. The van der Waals surface area contributed by atoms with Gasteiger partial charge in [0.15, 0.2) is 11.6 Å². The number of esters is 2. The smallest absolute Gasteiger partial charge is 0.410 e. The molecule has 3 aromatic carbocycles. The van der Waals surface area contributed by atoms with Crippen molar-refractivity contribution < 1.29 is 56.7 Å². The third-order valence-corrected chi connectivity index (χ3v) is 13.0. The third-order valence-electron chi connectivity index (χ3n) is 12.8. The van der Waals surface area contributed by atoms with Crippen molar-refractivity contribution >= 4 is 63.0 Å². The van der Waals surface area contributed by atoms with Crippen molar-refractivity contribution in [2.45, 2.75) is 77.5 Å². The summed E-state index contributed by atoms with van der Waals surface area (Å²) in [6, 6.07) is 12.9. The van der Waals surface area contributed by atoms with E-state index in [1.165, 1.54) is 19.4 Å². The number of ether oxygens (including phenoxy) is 7. The van der Waals surface area contributed by atoms with E-state index in [0.29, 0.717) is 63.6 Å². The number of likely N-dealkylation sites (tertiary alicyclic amines) is 1. The first-order chi connectivity index (χ1) is 33.1. The van der Waals surface area contributed by atoms with Crippen LogP contribution in [0.5, 0.6) is 11.5 Å². The molecule has 0 N–H and O–H groups in total. The Balaban J connectivity index is 0.821. The number of halogens is 2. The van der Waals surface area contributed by atoms with Crippen LogP contribution in [0, 0.1) is 18.7 Å².